The third-order valence-corrected chi connectivity index (χ3v) is 2.68. The van der Waals surface area contributed by atoms with Gasteiger partial charge in [0.25, 0.3) is 0 Å². The second-order valence-electron chi connectivity index (χ2n) is 3.72. The van der Waals surface area contributed by atoms with Gasteiger partial charge in [0.1, 0.15) is 11.9 Å². The van der Waals surface area contributed by atoms with Crippen LogP contribution in [0.15, 0.2) is 30.3 Å². The second kappa shape index (κ2) is 5.46. The number of ether oxygens (including phenoxy) is 1. The summed E-state index contributed by atoms with van der Waals surface area (Å²) in [7, 11) is 1.49. The summed E-state index contributed by atoms with van der Waals surface area (Å²) >= 11 is 5.91. The Morgan fingerprint density at radius 2 is 2.16 bits per heavy atom. The van der Waals surface area contributed by atoms with Crippen molar-refractivity contribution in [2.75, 3.05) is 18.2 Å². The molecule has 0 fully saturated rings. The molecule has 0 aliphatic heterocycles. The number of benzene rings is 1. The van der Waals surface area contributed by atoms with Crippen LogP contribution in [-0.4, -0.2) is 12.1 Å². The van der Waals surface area contributed by atoms with Gasteiger partial charge < -0.3 is 15.8 Å². The average molecular weight is 275 g/mol. The van der Waals surface area contributed by atoms with Crippen LogP contribution in [0.25, 0.3) is 0 Å². The molecule has 0 bridgehead atoms. The molecular formula is C13H11ClN4O. The first-order valence-electron chi connectivity index (χ1n) is 5.41. The number of pyridine rings is 1. The van der Waals surface area contributed by atoms with Crippen LogP contribution >= 0.6 is 11.6 Å². The zero-order valence-corrected chi connectivity index (χ0v) is 10.9. The highest BCUT2D eigenvalue weighted by molar-refractivity contribution is 6.30. The number of anilines is 3. The van der Waals surface area contributed by atoms with Gasteiger partial charge in [0.05, 0.1) is 24.0 Å². The van der Waals surface area contributed by atoms with Crippen molar-refractivity contribution in [2.24, 2.45) is 0 Å². The Bertz CT molecular complexity index is 652. The highest BCUT2D eigenvalue weighted by Crippen LogP contribution is 2.26. The Morgan fingerprint density at radius 3 is 2.84 bits per heavy atom. The van der Waals surface area contributed by atoms with Gasteiger partial charge in [0.15, 0.2) is 0 Å². The number of nitrogens with zero attached hydrogens (tertiary/aromatic N) is 2. The number of halogens is 1. The van der Waals surface area contributed by atoms with Crippen LogP contribution in [0, 0.1) is 11.3 Å². The summed E-state index contributed by atoms with van der Waals surface area (Å²) in [4.78, 5) is 4.18. The SMILES string of the molecule is COc1nc(Nc2cc(Cl)ccc2C#N)ccc1N. The maximum atomic E-state index is 9.03. The molecule has 0 atom stereocenters. The van der Waals surface area contributed by atoms with Crippen molar-refractivity contribution < 1.29 is 4.74 Å². The van der Waals surface area contributed by atoms with Gasteiger partial charge >= 0.3 is 0 Å². The molecule has 1 heterocycles. The Morgan fingerprint density at radius 1 is 1.37 bits per heavy atom. The fourth-order valence-corrected chi connectivity index (χ4v) is 1.71. The molecule has 19 heavy (non-hydrogen) atoms. The van der Waals surface area contributed by atoms with E-state index >= 15 is 0 Å². The summed E-state index contributed by atoms with van der Waals surface area (Å²) in [5.74, 6) is 0.843. The zero-order chi connectivity index (χ0) is 13.8. The standard InChI is InChI=1S/C13H11ClN4O/c1-19-13-10(16)4-5-12(18-13)17-11-6-9(14)3-2-8(11)7-15/h2-6H,16H2,1H3,(H,17,18). The topological polar surface area (TPSA) is 84.0 Å². The van der Waals surface area contributed by atoms with Crippen LogP contribution in [0.1, 0.15) is 5.56 Å². The van der Waals surface area contributed by atoms with Crippen molar-refractivity contribution in [3.8, 4) is 11.9 Å². The number of nitrogens with two attached hydrogens (primary N) is 1. The normalized spacial score (nSPS) is 9.74. The average Bonchev–Trinajstić information content (AvgIpc) is 2.41. The van der Waals surface area contributed by atoms with E-state index in [9.17, 15) is 0 Å². The number of rotatable bonds is 3. The fourth-order valence-electron chi connectivity index (χ4n) is 1.54. The molecule has 0 unspecified atom stereocenters. The molecule has 0 spiro atoms. The summed E-state index contributed by atoms with van der Waals surface area (Å²) in [6.07, 6.45) is 0. The maximum absolute atomic E-state index is 9.03. The van der Waals surface area contributed by atoms with Gasteiger partial charge in [0.2, 0.25) is 5.88 Å². The number of aromatic nitrogens is 1. The second-order valence-corrected chi connectivity index (χ2v) is 4.16. The molecule has 0 saturated carbocycles. The lowest BCUT2D eigenvalue weighted by Crippen LogP contribution is -2.00. The Hall–Kier alpha value is -2.45. The molecule has 6 heteroatoms. The van der Waals surface area contributed by atoms with E-state index in [-0.39, 0.29) is 0 Å². The summed E-state index contributed by atoms with van der Waals surface area (Å²) in [5, 5.41) is 12.6. The minimum atomic E-state index is 0.325. The lowest BCUT2D eigenvalue weighted by Gasteiger charge is -2.10. The van der Waals surface area contributed by atoms with Gasteiger partial charge in [-0.15, -0.1) is 0 Å². The van der Waals surface area contributed by atoms with Crippen LogP contribution in [0.5, 0.6) is 5.88 Å². The molecule has 0 aliphatic rings. The van der Waals surface area contributed by atoms with Crippen molar-refractivity contribution in [2.45, 2.75) is 0 Å². The molecule has 0 aliphatic carbocycles. The van der Waals surface area contributed by atoms with Crippen molar-refractivity contribution in [1.29, 1.82) is 5.26 Å². The predicted molar refractivity (Wildman–Crippen MR) is 74.7 cm³/mol. The van der Waals surface area contributed by atoms with Crippen LogP contribution in [-0.2, 0) is 0 Å². The molecule has 1 aromatic heterocycles. The van der Waals surface area contributed by atoms with Crippen LogP contribution < -0.4 is 15.8 Å². The molecule has 3 N–H and O–H groups in total. The van der Waals surface area contributed by atoms with Crippen molar-refractivity contribution in [1.82, 2.24) is 4.98 Å². The fraction of sp³-hybridized carbons (Fsp3) is 0.0769. The molecule has 96 valence electrons. The third kappa shape index (κ3) is 2.87. The number of nitrogens with one attached hydrogen (secondary N) is 1. The van der Waals surface area contributed by atoms with E-state index in [1.54, 1.807) is 30.3 Å². The number of nitriles is 1. The van der Waals surface area contributed by atoms with Crippen molar-refractivity contribution in [3.05, 3.63) is 40.9 Å². The van der Waals surface area contributed by atoms with E-state index in [1.165, 1.54) is 7.11 Å². The first-order chi connectivity index (χ1) is 9.13. The Kier molecular flexibility index (Phi) is 3.74. The van der Waals surface area contributed by atoms with Gasteiger partial charge in [-0.2, -0.15) is 10.2 Å². The first-order valence-corrected chi connectivity index (χ1v) is 5.79. The van der Waals surface area contributed by atoms with Gasteiger partial charge in [-0.1, -0.05) is 11.6 Å². The Labute approximate surface area is 115 Å². The molecule has 5 nitrogen and oxygen atoms in total. The Balaban J connectivity index is 2.36. The molecule has 0 saturated heterocycles. The maximum Gasteiger partial charge on any atom is 0.238 e. The molecule has 2 rings (SSSR count). The predicted octanol–water partition coefficient (Wildman–Crippen LogP) is 2.94. The van der Waals surface area contributed by atoms with E-state index in [1.807, 2.05) is 0 Å². The summed E-state index contributed by atoms with van der Waals surface area (Å²) in [6, 6.07) is 10.4. The summed E-state index contributed by atoms with van der Waals surface area (Å²) in [5.41, 5.74) is 7.18. The van der Waals surface area contributed by atoms with E-state index in [0.717, 1.165) is 0 Å². The van der Waals surface area contributed by atoms with E-state index in [4.69, 9.17) is 27.3 Å². The summed E-state index contributed by atoms with van der Waals surface area (Å²) < 4.78 is 5.04. The van der Waals surface area contributed by atoms with E-state index < -0.39 is 0 Å². The molecule has 0 radical (unpaired) electrons. The molecule has 2 aromatic rings. The largest absolute Gasteiger partial charge is 0.479 e. The zero-order valence-electron chi connectivity index (χ0n) is 10.1. The highest BCUT2D eigenvalue weighted by atomic mass is 35.5. The highest BCUT2D eigenvalue weighted by Gasteiger charge is 2.07. The van der Waals surface area contributed by atoms with Gasteiger partial charge in [-0.3, -0.25) is 0 Å². The van der Waals surface area contributed by atoms with E-state index in [0.29, 0.717) is 33.7 Å². The number of nitrogen functional groups attached to an aromatic ring is 1. The summed E-state index contributed by atoms with van der Waals surface area (Å²) in [6.45, 7) is 0. The third-order valence-electron chi connectivity index (χ3n) is 2.45. The number of methoxy groups -OCH3 is 1. The van der Waals surface area contributed by atoms with Crippen LogP contribution in [0.3, 0.4) is 0 Å². The molecule has 0 amide bonds. The lowest BCUT2D eigenvalue weighted by molar-refractivity contribution is 0.401. The first kappa shape index (κ1) is 13.0. The van der Waals surface area contributed by atoms with Crippen molar-refractivity contribution >= 4 is 28.8 Å². The van der Waals surface area contributed by atoms with E-state index in [2.05, 4.69) is 16.4 Å². The van der Waals surface area contributed by atoms with Crippen molar-refractivity contribution in [3.63, 3.8) is 0 Å². The number of hydrogen-bond donors (Lipinski definition) is 2. The lowest BCUT2D eigenvalue weighted by atomic mass is 10.2. The quantitative estimate of drug-likeness (QED) is 0.899. The monoisotopic (exact) mass is 274 g/mol. The van der Waals surface area contributed by atoms with Crippen LogP contribution in [0.4, 0.5) is 17.2 Å². The minimum Gasteiger partial charge on any atom is -0.479 e. The number of hydrogen-bond acceptors (Lipinski definition) is 5. The van der Waals surface area contributed by atoms with Gasteiger partial charge in [0, 0.05) is 5.02 Å². The van der Waals surface area contributed by atoms with Gasteiger partial charge in [-0.25, -0.2) is 0 Å². The molecule has 1 aromatic carbocycles. The smallest absolute Gasteiger partial charge is 0.238 e. The van der Waals surface area contributed by atoms with Gasteiger partial charge in [-0.05, 0) is 30.3 Å². The van der Waals surface area contributed by atoms with Crippen LogP contribution in [0.2, 0.25) is 5.02 Å². The minimum absolute atomic E-state index is 0.325. The molecular weight excluding hydrogens is 264 g/mol.